The van der Waals surface area contributed by atoms with Gasteiger partial charge in [-0.15, -0.1) is 0 Å². The van der Waals surface area contributed by atoms with E-state index in [2.05, 4.69) is 0 Å². The SMILES string of the molecule is COCCOCCC(N)c1ccc(Cl)c(Cl)c1. The second kappa shape index (κ2) is 7.90. The van der Waals surface area contributed by atoms with Crippen LogP contribution in [-0.4, -0.2) is 26.9 Å². The van der Waals surface area contributed by atoms with Crippen LogP contribution in [0.2, 0.25) is 10.0 Å². The lowest BCUT2D eigenvalue weighted by Crippen LogP contribution is -2.14. The molecule has 0 heterocycles. The molecule has 2 N–H and O–H groups in total. The van der Waals surface area contributed by atoms with E-state index in [4.69, 9.17) is 38.4 Å². The van der Waals surface area contributed by atoms with Crippen molar-refractivity contribution < 1.29 is 9.47 Å². The molecule has 0 fully saturated rings. The summed E-state index contributed by atoms with van der Waals surface area (Å²) in [6.45, 7) is 1.79. The Morgan fingerprint density at radius 1 is 1.18 bits per heavy atom. The van der Waals surface area contributed by atoms with Crippen LogP contribution in [0.5, 0.6) is 0 Å². The van der Waals surface area contributed by atoms with Crippen molar-refractivity contribution in [2.24, 2.45) is 5.73 Å². The predicted molar refractivity (Wildman–Crippen MR) is 70.7 cm³/mol. The number of methoxy groups -OCH3 is 1. The molecule has 0 spiro atoms. The number of nitrogens with two attached hydrogens (primary N) is 1. The molecule has 1 unspecified atom stereocenters. The normalized spacial score (nSPS) is 12.7. The first kappa shape index (κ1) is 14.7. The molecule has 0 radical (unpaired) electrons. The van der Waals surface area contributed by atoms with Gasteiger partial charge < -0.3 is 15.2 Å². The highest BCUT2D eigenvalue weighted by Gasteiger charge is 2.08. The lowest BCUT2D eigenvalue weighted by Gasteiger charge is -2.13. The Bertz CT molecular complexity index is 347. The Labute approximate surface area is 112 Å². The van der Waals surface area contributed by atoms with Crippen LogP contribution in [0.4, 0.5) is 0 Å². The molecule has 0 saturated heterocycles. The number of benzene rings is 1. The zero-order valence-electron chi connectivity index (χ0n) is 9.79. The molecule has 1 aromatic rings. The van der Waals surface area contributed by atoms with E-state index in [-0.39, 0.29) is 6.04 Å². The van der Waals surface area contributed by atoms with E-state index < -0.39 is 0 Å². The van der Waals surface area contributed by atoms with E-state index in [0.29, 0.717) is 29.9 Å². The molecule has 0 bridgehead atoms. The van der Waals surface area contributed by atoms with Gasteiger partial charge >= 0.3 is 0 Å². The van der Waals surface area contributed by atoms with Gasteiger partial charge in [0.1, 0.15) is 0 Å². The van der Waals surface area contributed by atoms with Gasteiger partial charge in [-0.3, -0.25) is 0 Å². The highest BCUT2D eigenvalue weighted by molar-refractivity contribution is 6.42. The van der Waals surface area contributed by atoms with Crippen LogP contribution < -0.4 is 5.73 Å². The number of ether oxygens (including phenoxy) is 2. The van der Waals surface area contributed by atoms with E-state index in [0.717, 1.165) is 12.0 Å². The maximum atomic E-state index is 6.02. The standard InChI is InChI=1S/C12H17Cl2NO2/c1-16-6-7-17-5-4-12(15)9-2-3-10(13)11(14)8-9/h2-3,8,12H,4-7,15H2,1H3. The summed E-state index contributed by atoms with van der Waals surface area (Å²) in [5.74, 6) is 0. The molecule has 0 aliphatic heterocycles. The summed E-state index contributed by atoms with van der Waals surface area (Å²) in [5, 5.41) is 1.07. The third-order valence-electron chi connectivity index (χ3n) is 2.38. The molecule has 1 aromatic carbocycles. The molecule has 17 heavy (non-hydrogen) atoms. The third-order valence-corrected chi connectivity index (χ3v) is 3.12. The summed E-state index contributed by atoms with van der Waals surface area (Å²) in [4.78, 5) is 0. The molecular formula is C12H17Cl2NO2. The molecular weight excluding hydrogens is 261 g/mol. The van der Waals surface area contributed by atoms with Gasteiger partial charge in [-0.05, 0) is 24.1 Å². The van der Waals surface area contributed by atoms with Crippen molar-refractivity contribution in [2.75, 3.05) is 26.9 Å². The molecule has 0 aromatic heterocycles. The van der Waals surface area contributed by atoms with Crippen molar-refractivity contribution in [2.45, 2.75) is 12.5 Å². The molecule has 0 aliphatic carbocycles. The van der Waals surface area contributed by atoms with Crippen LogP contribution in [0.15, 0.2) is 18.2 Å². The van der Waals surface area contributed by atoms with Crippen molar-refractivity contribution in [1.29, 1.82) is 0 Å². The first-order chi connectivity index (χ1) is 8.15. The summed E-state index contributed by atoms with van der Waals surface area (Å²) in [6, 6.07) is 5.34. The zero-order chi connectivity index (χ0) is 12.7. The van der Waals surface area contributed by atoms with Crippen molar-refractivity contribution in [3.63, 3.8) is 0 Å². The number of hydrogen-bond acceptors (Lipinski definition) is 3. The zero-order valence-corrected chi connectivity index (χ0v) is 11.3. The predicted octanol–water partition coefficient (Wildman–Crippen LogP) is 3.05. The Balaban J connectivity index is 2.36. The molecule has 0 amide bonds. The lowest BCUT2D eigenvalue weighted by atomic mass is 10.1. The van der Waals surface area contributed by atoms with Crippen molar-refractivity contribution >= 4 is 23.2 Å². The minimum Gasteiger partial charge on any atom is -0.382 e. The topological polar surface area (TPSA) is 44.5 Å². The van der Waals surface area contributed by atoms with Gasteiger partial charge in [0.2, 0.25) is 0 Å². The Morgan fingerprint density at radius 2 is 1.94 bits per heavy atom. The number of halogens is 2. The van der Waals surface area contributed by atoms with Gasteiger partial charge in [0, 0.05) is 19.8 Å². The van der Waals surface area contributed by atoms with E-state index in [9.17, 15) is 0 Å². The highest BCUT2D eigenvalue weighted by Crippen LogP contribution is 2.25. The molecule has 1 atom stereocenters. The van der Waals surface area contributed by atoms with Gasteiger partial charge in [-0.1, -0.05) is 29.3 Å². The van der Waals surface area contributed by atoms with Gasteiger partial charge in [0.15, 0.2) is 0 Å². The summed E-state index contributed by atoms with van der Waals surface area (Å²) in [5.41, 5.74) is 6.98. The van der Waals surface area contributed by atoms with E-state index >= 15 is 0 Å². The Morgan fingerprint density at radius 3 is 2.59 bits per heavy atom. The third kappa shape index (κ3) is 5.23. The minimum atomic E-state index is -0.0905. The Hall–Kier alpha value is -0.320. The minimum absolute atomic E-state index is 0.0905. The summed E-state index contributed by atoms with van der Waals surface area (Å²) >= 11 is 11.8. The van der Waals surface area contributed by atoms with Crippen molar-refractivity contribution in [1.82, 2.24) is 0 Å². The second-order valence-electron chi connectivity index (χ2n) is 3.67. The van der Waals surface area contributed by atoms with Crippen LogP contribution in [0, 0.1) is 0 Å². The summed E-state index contributed by atoms with van der Waals surface area (Å²) < 4.78 is 10.2. The average molecular weight is 278 g/mol. The highest BCUT2D eigenvalue weighted by atomic mass is 35.5. The quantitative estimate of drug-likeness (QED) is 0.780. The molecule has 3 nitrogen and oxygen atoms in total. The van der Waals surface area contributed by atoms with Crippen LogP contribution >= 0.6 is 23.2 Å². The monoisotopic (exact) mass is 277 g/mol. The van der Waals surface area contributed by atoms with Gasteiger partial charge in [0.05, 0.1) is 23.3 Å². The average Bonchev–Trinajstić information content (AvgIpc) is 2.32. The maximum Gasteiger partial charge on any atom is 0.0700 e. The summed E-state index contributed by atoms with van der Waals surface area (Å²) in [7, 11) is 1.64. The number of rotatable bonds is 7. The van der Waals surface area contributed by atoms with Gasteiger partial charge in [-0.25, -0.2) is 0 Å². The van der Waals surface area contributed by atoms with Gasteiger partial charge in [0.25, 0.3) is 0 Å². The molecule has 5 heteroatoms. The fourth-order valence-electron chi connectivity index (χ4n) is 1.36. The van der Waals surface area contributed by atoms with E-state index in [1.54, 1.807) is 19.2 Å². The lowest BCUT2D eigenvalue weighted by molar-refractivity contribution is 0.0672. The molecule has 96 valence electrons. The Kier molecular flexibility index (Phi) is 6.85. The first-order valence-electron chi connectivity index (χ1n) is 5.42. The van der Waals surface area contributed by atoms with Crippen LogP contribution in [0.3, 0.4) is 0 Å². The first-order valence-corrected chi connectivity index (χ1v) is 6.18. The van der Waals surface area contributed by atoms with Crippen molar-refractivity contribution in [3.05, 3.63) is 33.8 Å². The fraction of sp³-hybridized carbons (Fsp3) is 0.500. The molecule has 1 rings (SSSR count). The van der Waals surface area contributed by atoms with Crippen LogP contribution in [-0.2, 0) is 9.47 Å². The summed E-state index contributed by atoms with van der Waals surface area (Å²) in [6.07, 6.45) is 0.738. The van der Waals surface area contributed by atoms with Gasteiger partial charge in [-0.2, -0.15) is 0 Å². The number of hydrogen-bond donors (Lipinski definition) is 1. The largest absolute Gasteiger partial charge is 0.382 e. The molecule has 0 aliphatic rings. The fourth-order valence-corrected chi connectivity index (χ4v) is 1.67. The smallest absolute Gasteiger partial charge is 0.0700 e. The van der Waals surface area contributed by atoms with Crippen LogP contribution in [0.1, 0.15) is 18.0 Å². The van der Waals surface area contributed by atoms with Crippen molar-refractivity contribution in [3.8, 4) is 0 Å². The van der Waals surface area contributed by atoms with Crippen LogP contribution in [0.25, 0.3) is 0 Å². The van der Waals surface area contributed by atoms with E-state index in [1.165, 1.54) is 0 Å². The molecule has 0 saturated carbocycles. The maximum absolute atomic E-state index is 6.02. The second-order valence-corrected chi connectivity index (χ2v) is 4.49. The van der Waals surface area contributed by atoms with E-state index in [1.807, 2.05) is 6.07 Å².